The molecule has 29 heavy (non-hydrogen) atoms. The lowest BCUT2D eigenvalue weighted by Crippen LogP contribution is -2.63. The molecule has 2 N–H and O–H groups in total. The maximum atomic E-state index is 14.1. The molecule has 4 bridgehead atoms. The van der Waals surface area contributed by atoms with Gasteiger partial charge in [0.05, 0.1) is 5.41 Å². The fraction of sp³-hybridized carbons (Fsp3) is 0.654. The predicted molar refractivity (Wildman–Crippen MR) is 117 cm³/mol. The maximum absolute atomic E-state index is 14.1. The van der Waals surface area contributed by atoms with Crippen molar-refractivity contribution in [3.63, 3.8) is 0 Å². The monoisotopic (exact) mass is 392 g/mol. The molecule has 1 saturated heterocycles. The van der Waals surface area contributed by atoms with Crippen LogP contribution in [0, 0.1) is 22.7 Å². The van der Waals surface area contributed by atoms with Gasteiger partial charge in [0.15, 0.2) is 0 Å². The highest BCUT2D eigenvalue weighted by Gasteiger charge is 2.63. The molecule has 4 aliphatic carbocycles. The minimum atomic E-state index is -0.175. The summed E-state index contributed by atoms with van der Waals surface area (Å²) in [6.45, 7) is 8.28. The third-order valence-corrected chi connectivity index (χ3v) is 8.94. The second-order valence-corrected chi connectivity index (χ2v) is 11.2. The standard InChI is InChI=1S/C26H36N2O/c1-4-21-18-12-25(20-8-6-5-7-9-20)13-19(21)15-26(14-18,16-25)23(29)28-11-10-22(27)24(2,3)17-28/h4-9,18-19,22H,10-17,27H2,1-3H3/t18?,19?,22-,25?,26?/m0/s1. The van der Waals surface area contributed by atoms with Gasteiger partial charge in [0.25, 0.3) is 0 Å². The number of rotatable bonds is 2. The normalized spacial score (nSPS) is 40.2. The Morgan fingerprint density at radius 1 is 1.10 bits per heavy atom. The number of hydrogen-bond donors (Lipinski definition) is 1. The fourth-order valence-electron chi connectivity index (χ4n) is 7.67. The third-order valence-electron chi connectivity index (χ3n) is 8.94. The van der Waals surface area contributed by atoms with Gasteiger partial charge in [0, 0.05) is 19.1 Å². The number of nitrogens with zero attached hydrogens (tertiary/aromatic N) is 1. The van der Waals surface area contributed by atoms with Gasteiger partial charge in [-0.25, -0.2) is 0 Å². The number of carbonyl (C=O) groups excluding carboxylic acids is 1. The molecule has 5 aliphatic rings. The van der Waals surface area contributed by atoms with Crippen molar-refractivity contribution in [2.24, 2.45) is 28.4 Å². The molecule has 156 valence electrons. The number of benzene rings is 1. The Balaban J connectivity index is 1.51. The van der Waals surface area contributed by atoms with E-state index in [1.807, 2.05) is 0 Å². The highest BCUT2D eigenvalue weighted by molar-refractivity contribution is 5.84. The van der Waals surface area contributed by atoms with E-state index in [0.29, 0.717) is 17.7 Å². The summed E-state index contributed by atoms with van der Waals surface area (Å²) in [6, 6.07) is 11.3. The van der Waals surface area contributed by atoms with Gasteiger partial charge in [-0.1, -0.05) is 55.8 Å². The number of nitrogens with two attached hydrogens (primary N) is 1. The van der Waals surface area contributed by atoms with E-state index in [9.17, 15) is 4.79 Å². The van der Waals surface area contributed by atoms with Crippen molar-refractivity contribution < 1.29 is 4.79 Å². The number of piperidine rings is 1. The summed E-state index contributed by atoms with van der Waals surface area (Å²) in [6.07, 6.45) is 8.88. The van der Waals surface area contributed by atoms with Gasteiger partial charge < -0.3 is 10.6 Å². The molecule has 0 radical (unpaired) electrons. The largest absolute Gasteiger partial charge is 0.342 e. The van der Waals surface area contributed by atoms with Crippen molar-refractivity contribution in [2.75, 3.05) is 13.1 Å². The van der Waals surface area contributed by atoms with E-state index in [-0.39, 0.29) is 22.3 Å². The molecule has 5 fully saturated rings. The van der Waals surface area contributed by atoms with Crippen molar-refractivity contribution in [1.82, 2.24) is 4.90 Å². The molecule has 2 unspecified atom stereocenters. The first kappa shape index (κ1) is 19.4. The molecular formula is C26H36N2O. The van der Waals surface area contributed by atoms with Gasteiger partial charge in [0.2, 0.25) is 5.91 Å². The summed E-state index contributed by atoms with van der Waals surface area (Å²) < 4.78 is 0. The van der Waals surface area contributed by atoms with Gasteiger partial charge in [-0.3, -0.25) is 4.79 Å². The molecule has 0 aromatic heterocycles. The van der Waals surface area contributed by atoms with E-state index >= 15 is 0 Å². The molecule has 1 amide bonds. The minimum Gasteiger partial charge on any atom is -0.342 e. The fourth-order valence-corrected chi connectivity index (χ4v) is 7.67. The molecule has 4 saturated carbocycles. The topological polar surface area (TPSA) is 46.3 Å². The Labute approximate surface area is 175 Å². The van der Waals surface area contributed by atoms with E-state index in [2.05, 4.69) is 62.1 Å². The van der Waals surface area contributed by atoms with Crippen LogP contribution in [0.1, 0.15) is 64.9 Å². The number of hydrogen-bond acceptors (Lipinski definition) is 2. The summed E-state index contributed by atoms with van der Waals surface area (Å²) in [4.78, 5) is 16.3. The van der Waals surface area contributed by atoms with E-state index in [1.165, 1.54) is 18.4 Å². The lowest BCUT2D eigenvalue weighted by Gasteiger charge is -2.63. The average molecular weight is 393 g/mol. The number of allylic oxidation sites excluding steroid dienone is 2. The van der Waals surface area contributed by atoms with Crippen molar-refractivity contribution >= 4 is 5.91 Å². The summed E-state index contributed by atoms with van der Waals surface area (Å²) in [5.41, 5.74) is 9.47. The third kappa shape index (κ3) is 2.84. The first-order chi connectivity index (χ1) is 13.8. The van der Waals surface area contributed by atoms with Crippen LogP contribution < -0.4 is 5.73 Å². The van der Waals surface area contributed by atoms with Crippen LogP contribution in [-0.4, -0.2) is 29.9 Å². The summed E-state index contributed by atoms with van der Waals surface area (Å²) in [5.74, 6) is 1.58. The van der Waals surface area contributed by atoms with Gasteiger partial charge in [-0.2, -0.15) is 0 Å². The Hall–Kier alpha value is -1.61. The number of amides is 1. The first-order valence-corrected chi connectivity index (χ1v) is 11.6. The molecule has 0 spiro atoms. The second-order valence-electron chi connectivity index (χ2n) is 11.2. The maximum Gasteiger partial charge on any atom is 0.228 e. The summed E-state index contributed by atoms with van der Waals surface area (Å²) in [7, 11) is 0. The Kier molecular flexibility index (Phi) is 4.30. The number of carbonyl (C=O) groups is 1. The molecule has 1 heterocycles. The quantitative estimate of drug-likeness (QED) is 0.744. The van der Waals surface area contributed by atoms with E-state index in [1.54, 1.807) is 5.57 Å². The lowest BCUT2D eigenvalue weighted by molar-refractivity contribution is -0.159. The Morgan fingerprint density at radius 3 is 2.34 bits per heavy atom. The van der Waals surface area contributed by atoms with Crippen molar-refractivity contribution in [3.8, 4) is 0 Å². The van der Waals surface area contributed by atoms with Gasteiger partial charge in [-0.15, -0.1) is 0 Å². The van der Waals surface area contributed by atoms with Crippen LogP contribution in [0.15, 0.2) is 42.0 Å². The van der Waals surface area contributed by atoms with Gasteiger partial charge in [0.1, 0.15) is 0 Å². The zero-order chi connectivity index (χ0) is 20.4. The van der Waals surface area contributed by atoms with Gasteiger partial charge in [-0.05, 0) is 73.7 Å². The van der Waals surface area contributed by atoms with Crippen LogP contribution in [0.3, 0.4) is 0 Å². The molecule has 3 heteroatoms. The van der Waals surface area contributed by atoms with Crippen LogP contribution in [0.5, 0.6) is 0 Å². The Morgan fingerprint density at radius 2 is 1.76 bits per heavy atom. The molecule has 1 aromatic carbocycles. The van der Waals surface area contributed by atoms with E-state index < -0.39 is 0 Å². The van der Waals surface area contributed by atoms with Gasteiger partial charge >= 0.3 is 0 Å². The predicted octanol–water partition coefficient (Wildman–Crippen LogP) is 4.67. The zero-order valence-corrected chi connectivity index (χ0v) is 18.3. The van der Waals surface area contributed by atoms with Crippen molar-refractivity contribution in [3.05, 3.63) is 47.5 Å². The number of likely N-dealkylation sites (tertiary alicyclic amines) is 1. The van der Waals surface area contributed by atoms with Crippen LogP contribution in [0.2, 0.25) is 0 Å². The molecule has 6 rings (SSSR count). The van der Waals surface area contributed by atoms with Crippen LogP contribution >= 0.6 is 0 Å². The Bertz CT molecular complexity index is 822. The van der Waals surface area contributed by atoms with Crippen LogP contribution in [-0.2, 0) is 10.2 Å². The average Bonchev–Trinajstić information content (AvgIpc) is 2.70. The highest BCUT2D eigenvalue weighted by Crippen LogP contribution is 2.67. The van der Waals surface area contributed by atoms with E-state index in [0.717, 1.165) is 38.8 Å². The molecule has 1 aromatic rings. The lowest BCUT2D eigenvalue weighted by atomic mass is 9.41. The van der Waals surface area contributed by atoms with E-state index in [4.69, 9.17) is 5.73 Å². The van der Waals surface area contributed by atoms with Crippen molar-refractivity contribution in [1.29, 1.82) is 0 Å². The summed E-state index contributed by atoms with van der Waals surface area (Å²) >= 11 is 0. The smallest absolute Gasteiger partial charge is 0.228 e. The van der Waals surface area contributed by atoms with Crippen molar-refractivity contribution in [2.45, 2.75) is 70.8 Å². The molecule has 3 nitrogen and oxygen atoms in total. The second kappa shape index (κ2) is 6.44. The van der Waals surface area contributed by atoms with Crippen LogP contribution in [0.25, 0.3) is 0 Å². The SMILES string of the molecule is CC=C1C2CC3(C(=O)N4CC[C@H](N)C(C)(C)C4)CC1CC(c1ccccc1)(C2)C3. The highest BCUT2D eigenvalue weighted by atomic mass is 16.2. The molecule has 3 atom stereocenters. The molecular weight excluding hydrogens is 356 g/mol. The minimum absolute atomic E-state index is 0.00179. The summed E-state index contributed by atoms with van der Waals surface area (Å²) in [5, 5.41) is 0. The molecule has 1 aliphatic heterocycles. The van der Waals surface area contributed by atoms with Crippen LogP contribution in [0.4, 0.5) is 0 Å². The zero-order valence-electron chi connectivity index (χ0n) is 18.3. The first-order valence-electron chi connectivity index (χ1n) is 11.6.